The molecular weight excluding hydrogens is 228 g/mol. The average molecular weight is 247 g/mol. The van der Waals surface area contributed by atoms with Crippen molar-refractivity contribution >= 4 is 11.8 Å². The van der Waals surface area contributed by atoms with E-state index in [0.717, 1.165) is 17.6 Å². The van der Waals surface area contributed by atoms with Crippen LogP contribution < -0.4 is 0 Å². The molecule has 0 atom stereocenters. The topological polar surface area (TPSA) is 37.4 Å². The monoisotopic (exact) mass is 247 g/mol. The van der Waals surface area contributed by atoms with Crippen LogP contribution in [0.3, 0.4) is 0 Å². The van der Waals surface area contributed by atoms with E-state index < -0.39 is 0 Å². The Morgan fingerprint density at radius 3 is 2.00 bits per heavy atom. The molecular formula is C14H19N2O2+. The number of benzene rings is 1. The molecule has 1 aromatic rings. The quantitative estimate of drug-likeness (QED) is 0.595. The van der Waals surface area contributed by atoms with Crippen molar-refractivity contribution in [2.75, 3.05) is 33.7 Å². The number of fused-ring (bicyclic) bond motifs is 1. The number of hydrogen-bond donors (Lipinski definition) is 0. The van der Waals surface area contributed by atoms with Gasteiger partial charge in [0.05, 0.1) is 44.9 Å². The molecule has 0 saturated carbocycles. The summed E-state index contributed by atoms with van der Waals surface area (Å²) in [6.07, 6.45) is 0. The third-order valence-corrected chi connectivity index (χ3v) is 3.66. The fraction of sp³-hybridized carbons (Fsp3) is 0.429. The van der Waals surface area contributed by atoms with Gasteiger partial charge in [0.25, 0.3) is 11.8 Å². The third-order valence-electron chi connectivity index (χ3n) is 3.66. The van der Waals surface area contributed by atoms with Crippen molar-refractivity contribution in [3.8, 4) is 0 Å². The molecule has 0 saturated heterocycles. The van der Waals surface area contributed by atoms with Gasteiger partial charge in [-0.15, -0.1) is 0 Å². The Hall–Kier alpha value is -1.68. The van der Waals surface area contributed by atoms with Crippen LogP contribution in [0.15, 0.2) is 24.3 Å². The fourth-order valence-corrected chi connectivity index (χ4v) is 1.97. The van der Waals surface area contributed by atoms with Gasteiger partial charge in [0.2, 0.25) is 0 Å². The number of rotatable bonds is 4. The minimum Gasteiger partial charge on any atom is -0.327 e. The van der Waals surface area contributed by atoms with E-state index in [9.17, 15) is 9.59 Å². The maximum Gasteiger partial charge on any atom is 0.261 e. The summed E-state index contributed by atoms with van der Waals surface area (Å²) in [5.74, 6) is -0.321. The predicted octanol–water partition coefficient (Wildman–Crippen LogP) is 1.38. The van der Waals surface area contributed by atoms with Gasteiger partial charge in [0.15, 0.2) is 0 Å². The van der Waals surface area contributed by atoms with Crippen LogP contribution in [0.5, 0.6) is 0 Å². The Labute approximate surface area is 107 Å². The van der Waals surface area contributed by atoms with Gasteiger partial charge in [-0.1, -0.05) is 12.1 Å². The van der Waals surface area contributed by atoms with E-state index in [4.69, 9.17) is 0 Å². The molecule has 0 spiro atoms. The van der Waals surface area contributed by atoms with E-state index in [1.165, 1.54) is 4.90 Å². The van der Waals surface area contributed by atoms with E-state index in [1.807, 2.05) is 0 Å². The molecule has 0 bridgehead atoms. The van der Waals surface area contributed by atoms with Crippen LogP contribution in [0.25, 0.3) is 0 Å². The summed E-state index contributed by atoms with van der Waals surface area (Å²) < 4.78 is 0.799. The van der Waals surface area contributed by atoms with Gasteiger partial charge in [-0.25, -0.2) is 0 Å². The summed E-state index contributed by atoms with van der Waals surface area (Å²) in [6.45, 7) is 4.33. The molecule has 0 aromatic heterocycles. The van der Waals surface area contributed by atoms with Crippen molar-refractivity contribution < 1.29 is 14.1 Å². The first-order valence-electron chi connectivity index (χ1n) is 6.23. The lowest BCUT2D eigenvalue weighted by Gasteiger charge is -2.29. The van der Waals surface area contributed by atoms with E-state index in [2.05, 4.69) is 21.0 Å². The number of carbonyl (C=O) groups is 2. The van der Waals surface area contributed by atoms with Crippen LogP contribution in [0.4, 0.5) is 0 Å². The zero-order valence-electron chi connectivity index (χ0n) is 11.1. The highest BCUT2D eigenvalue weighted by atomic mass is 16.2. The van der Waals surface area contributed by atoms with Crippen LogP contribution in [0, 0.1) is 0 Å². The van der Waals surface area contributed by atoms with Gasteiger partial charge in [-0.2, -0.15) is 0 Å². The normalized spacial score (nSPS) is 15.2. The minimum atomic E-state index is -0.160. The molecule has 0 aliphatic carbocycles. The molecule has 4 nitrogen and oxygen atoms in total. The van der Waals surface area contributed by atoms with Crippen molar-refractivity contribution in [1.29, 1.82) is 0 Å². The molecule has 1 aliphatic rings. The molecule has 0 unspecified atom stereocenters. The molecule has 96 valence electrons. The van der Waals surface area contributed by atoms with Crippen molar-refractivity contribution in [2.24, 2.45) is 0 Å². The number of carbonyl (C=O) groups excluding carboxylic acids is 2. The van der Waals surface area contributed by atoms with Crippen molar-refractivity contribution in [3.63, 3.8) is 0 Å². The highest BCUT2D eigenvalue weighted by molar-refractivity contribution is 6.21. The van der Waals surface area contributed by atoms with Crippen LogP contribution in [0.1, 0.15) is 27.6 Å². The number of quaternary nitrogens is 1. The van der Waals surface area contributed by atoms with Gasteiger partial charge in [-0.3, -0.25) is 14.5 Å². The van der Waals surface area contributed by atoms with Gasteiger partial charge in [0.1, 0.15) is 0 Å². The zero-order chi connectivity index (χ0) is 13.3. The lowest BCUT2D eigenvalue weighted by atomic mass is 10.1. The summed E-state index contributed by atoms with van der Waals surface area (Å²) in [7, 11) is 4.19. The minimum absolute atomic E-state index is 0.160. The van der Waals surface area contributed by atoms with Crippen molar-refractivity contribution in [3.05, 3.63) is 35.4 Å². The summed E-state index contributed by atoms with van der Waals surface area (Å²) in [6, 6.07) is 7.02. The smallest absolute Gasteiger partial charge is 0.261 e. The summed E-state index contributed by atoms with van der Waals surface area (Å²) in [5.41, 5.74) is 1.06. The first kappa shape index (κ1) is 12.8. The first-order chi connectivity index (χ1) is 8.46. The molecule has 0 N–H and O–H groups in total. The predicted molar refractivity (Wildman–Crippen MR) is 69.3 cm³/mol. The zero-order valence-corrected chi connectivity index (χ0v) is 11.1. The molecule has 2 amide bonds. The van der Waals surface area contributed by atoms with E-state index in [1.54, 1.807) is 24.3 Å². The van der Waals surface area contributed by atoms with Crippen LogP contribution in [-0.2, 0) is 0 Å². The number of hydrogen-bond acceptors (Lipinski definition) is 2. The van der Waals surface area contributed by atoms with E-state index in [-0.39, 0.29) is 11.8 Å². The first-order valence-corrected chi connectivity index (χ1v) is 6.23. The summed E-state index contributed by atoms with van der Waals surface area (Å²) in [4.78, 5) is 25.6. The number of imide groups is 1. The lowest BCUT2D eigenvalue weighted by Crippen LogP contribution is -2.46. The lowest BCUT2D eigenvalue weighted by molar-refractivity contribution is -0.887. The molecule has 4 heteroatoms. The van der Waals surface area contributed by atoms with Gasteiger partial charge < -0.3 is 4.48 Å². The van der Waals surface area contributed by atoms with Gasteiger partial charge in [0, 0.05) is 0 Å². The summed E-state index contributed by atoms with van der Waals surface area (Å²) in [5, 5.41) is 0. The average Bonchev–Trinajstić information content (AvgIpc) is 2.61. The molecule has 18 heavy (non-hydrogen) atoms. The molecule has 0 radical (unpaired) electrons. The summed E-state index contributed by atoms with van der Waals surface area (Å²) >= 11 is 0. The second-order valence-electron chi connectivity index (χ2n) is 5.28. The highest BCUT2D eigenvalue weighted by Crippen LogP contribution is 2.22. The fourth-order valence-electron chi connectivity index (χ4n) is 1.97. The van der Waals surface area contributed by atoms with Crippen LogP contribution >= 0.6 is 0 Å². The number of likely N-dealkylation sites (N-methyl/N-ethyl adjacent to an activating group) is 1. The Kier molecular flexibility index (Phi) is 3.22. The largest absolute Gasteiger partial charge is 0.327 e. The van der Waals surface area contributed by atoms with E-state index >= 15 is 0 Å². The maximum atomic E-state index is 12.1. The van der Waals surface area contributed by atoms with E-state index in [0.29, 0.717) is 17.7 Å². The Balaban J connectivity index is 2.14. The molecule has 0 fully saturated rings. The molecule has 2 rings (SSSR count). The Bertz CT molecular complexity index is 459. The van der Waals surface area contributed by atoms with Crippen LogP contribution in [0.2, 0.25) is 0 Å². The third kappa shape index (κ3) is 2.16. The number of nitrogens with zero attached hydrogens (tertiary/aromatic N) is 2. The van der Waals surface area contributed by atoms with Crippen LogP contribution in [-0.4, -0.2) is 54.9 Å². The number of amides is 2. The molecule has 1 aliphatic heterocycles. The highest BCUT2D eigenvalue weighted by Gasteiger charge is 2.35. The van der Waals surface area contributed by atoms with Crippen molar-refractivity contribution in [2.45, 2.75) is 6.92 Å². The Morgan fingerprint density at radius 1 is 1.06 bits per heavy atom. The van der Waals surface area contributed by atoms with Gasteiger partial charge in [-0.05, 0) is 19.1 Å². The molecule has 1 heterocycles. The second-order valence-corrected chi connectivity index (χ2v) is 5.28. The molecule has 1 aromatic carbocycles. The maximum absolute atomic E-state index is 12.1. The standard InChI is InChI=1S/C14H19N2O2/c1-4-16(2,3)10-9-15-13(17)11-7-5-6-8-12(11)14(15)18/h5-8H,4,9-10H2,1-3H3/q+1. The SMILES string of the molecule is CC[N+](C)(C)CCN1C(=O)c2ccccc2C1=O. The van der Waals surface area contributed by atoms with Gasteiger partial charge >= 0.3 is 0 Å². The second kappa shape index (κ2) is 4.53. The Morgan fingerprint density at radius 2 is 1.56 bits per heavy atom. The van der Waals surface area contributed by atoms with Crippen molar-refractivity contribution in [1.82, 2.24) is 4.90 Å².